The molecule has 0 bridgehead atoms. The number of carbonyl (C=O) groups is 1. The van der Waals surface area contributed by atoms with Crippen LogP contribution in [0.25, 0.3) is 0 Å². The smallest absolute Gasteiger partial charge is 0.480 e. The molecule has 1 rings (SSSR count). The Morgan fingerprint density at radius 2 is 1.57 bits per heavy atom. The number of nitrogens with two attached hydrogens (primary N) is 1. The highest BCUT2D eigenvalue weighted by Gasteiger charge is 2.32. The molecular formula is C9H8F4NO6P. The minimum absolute atomic E-state index is 1.09. The van der Waals surface area contributed by atoms with Crippen LogP contribution < -0.4 is 10.3 Å². The molecule has 0 heterocycles. The maximum Gasteiger partial charge on any atom is 0.525 e. The molecule has 0 spiro atoms. The molecule has 0 aromatic heterocycles. The van der Waals surface area contributed by atoms with Gasteiger partial charge in [0.2, 0.25) is 17.4 Å². The second kappa shape index (κ2) is 5.98. The third-order valence-corrected chi connectivity index (χ3v) is 2.69. The lowest BCUT2D eigenvalue weighted by atomic mass is 10.0. The lowest BCUT2D eigenvalue weighted by molar-refractivity contribution is -0.138. The number of hydrogen-bond donors (Lipinski definition) is 4. The van der Waals surface area contributed by atoms with Crippen molar-refractivity contribution in [2.75, 3.05) is 0 Å². The second-order valence-electron chi connectivity index (χ2n) is 3.79. The van der Waals surface area contributed by atoms with Crippen LogP contribution in [0.1, 0.15) is 5.56 Å². The molecular weight excluding hydrogens is 325 g/mol. The Bertz CT molecular complexity index is 604. The fourth-order valence-corrected chi connectivity index (χ4v) is 1.74. The molecule has 0 saturated heterocycles. The quantitative estimate of drug-likeness (QED) is 0.354. The van der Waals surface area contributed by atoms with Crippen LogP contribution in [-0.4, -0.2) is 26.9 Å². The minimum atomic E-state index is -5.47. The standard InChI is InChI=1S/C9H8F4NO6P/c10-4-2(1-3(14)9(15)16)5(11)7(13)8(6(4)12)20-21(17,18)19/h3H,1,14H2,(H,15,16)(H2,17,18,19)/t3-/m0/s1. The van der Waals surface area contributed by atoms with Gasteiger partial charge in [0.1, 0.15) is 6.04 Å². The van der Waals surface area contributed by atoms with E-state index in [0.717, 1.165) is 0 Å². The summed E-state index contributed by atoms with van der Waals surface area (Å²) in [6.07, 6.45) is -1.09. The largest absolute Gasteiger partial charge is 0.525 e. The van der Waals surface area contributed by atoms with E-state index in [1.54, 1.807) is 0 Å². The van der Waals surface area contributed by atoms with E-state index in [0.29, 0.717) is 0 Å². The number of halogens is 4. The molecule has 1 atom stereocenters. The summed E-state index contributed by atoms with van der Waals surface area (Å²) in [6.45, 7) is 0. The van der Waals surface area contributed by atoms with Crippen molar-refractivity contribution < 1.29 is 46.3 Å². The Balaban J connectivity index is 3.39. The molecule has 0 aliphatic rings. The Morgan fingerprint density at radius 1 is 1.14 bits per heavy atom. The van der Waals surface area contributed by atoms with Crippen LogP contribution in [0.4, 0.5) is 17.6 Å². The van der Waals surface area contributed by atoms with Crippen molar-refractivity contribution in [3.8, 4) is 5.75 Å². The molecule has 1 aromatic carbocycles. The van der Waals surface area contributed by atoms with E-state index in [4.69, 9.17) is 20.6 Å². The van der Waals surface area contributed by atoms with Crippen LogP contribution in [0, 0.1) is 23.3 Å². The van der Waals surface area contributed by atoms with E-state index in [2.05, 4.69) is 4.52 Å². The maximum atomic E-state index is 13.5. The molecule has 0 aliphatic heterocycles. The number of carboxylic acid groups (broad SMARTS) is 1. The average molecular weight is 333 g/mol. The molecule has 0 unspecified atom stereocenters. The summed E-state index contributed by atoms with van der Waals surface area (Å²) in [5, 5.41) is 8.49. The maximum absolute atomic E-state index is 13.5. The van der Waals surface area contributed by atoms with E-state index < -0.39 is 60.8 Å². The molecule has 0 saturated carbocycles. The number of benzene rings is 1. The molecule has 12 heteroatoms. The zero-order valence-corrected chi connectivity index (χ0v) is 10.8. The summed E-state index contributed by atoms with van der Waals surface area (Å²) in [7, 11) is -5.47. The topological polar surface area (TPSA) is 130 Å². The van der Waals surface area contributed by atoms with Crippen molar-refractivity contribution in [2.24, 2.45) is 5.73 Å². The van der Waals surface area contributed by atoms with Gasteiger partial charge in [-0.15, -0.1) is 0 Å². The lowest BCUT2D eigenvalue weighted by Gasteiger charge is -2.14. The first-order valence-electron chi connectivity index (χ1n) is 5.04. The number of hydrogen-bond acceptors (Lipinski definition) is 4. The Kier molecular flexibility index (Phi) is 4.95. The summed E-state index contributed by atoms with van der Waals surface area (Å²) in [5.41, 5.74) is 3.67. The molecule has 118 valence electrons. The van der Waals surface area contributed by atoms with Crippen LogP contribution in [0.3, 0.4) is 0 Å². The van der Waals surface area contributed by atoms with Crippen molar-refractivity contribution >= 4 is 13.8 Å². The van der Waals surface area contributed by atoms with E-state index in [-0.39, 0.29) is 0 Å². The van der Waals surface area contributed by atoms with Gasteiger partial charge in [0.05, 0.1) is 0 Å². The van der Waals surface area contributed by atoms with Crippen LogP contribution in [0.2, 0.25) is 0 Å². The van der Waals surface area contributed by atoms with Crippen LogP contribution >= 0.6 is 7.82 Å². The molecule has 0 aliphatic carbocycles. The van der Waals surface area contributed by atoms with Gasteiger partial charge in [-0.3, -0.25) is 14.6 Å². The van der Waals surface area contributed by atoms with E-state index >= 15 is 0 Å². The predicted molar refractivity (Wildman–Crippen MR) is 58.3 cm³/mol. The molecule has 0 radical (unpaired) electrons. The zero-order valence-electron chi connectivity index (χ0n) is 9.89. The third-order valence-electron chi connectivity index (χ3n) is 2.27. The van der Waals surface area contributed by atoms with Gasteiger partial charge in [0, 0.05) is 12.0 Å². The summed E-state index contributed by atoms with van der Waals surface area (Å²) in [6, 6.07) is -1.85. The zero-order chi connectivity index (χ0) is 16.5. The minimum Gasteiger partial charge on any atom is -0.480 e. The van der Waals surface area contributed by atoms with E-state index in [1.165, 1.54) is 0 Å². The van der Waals surface area contributed by atoms with Crippen molar-refractivity contribution in [1.29, 1.82) is 0 Å². The average Bonchev–Trinajstić information content (AvgIpc) is 2.36. The van der Waals surface area contributed by atoms with Crippen molar-refractivity contribution in [3.63, 3.8) is 0 Å². The Morgan fingerprint density at radius 3 is 1.90 bits per heavy atom. The van der Waals surface area contributed by atoms with Gasteiger partial charge < -0.3 is 15.4 Å². The summed E-state index contributed by atoms with van der Waals surface area (Å²) in [4.78, 5) is 27.3. The fourth-order valence-electron chi connectivity index (χ4n) is 1.34. The summed E-state index contributed by atoms with van der Waals surface area (Å²) >= 11 is 0. The highest BCUT2D eigenvalue weighted by atomic mass is 31.2. The number of rotatable bonds is 5. The second-order valence-corrected chi connectivity index (χ2v) is 4.96. The van der Waals surface area contributed by atoms with Gasteiger partial charge in [0.25, 0.3) is 0 Å². The van der Waals surface area contributed by atoms with E-state index in [1.807, 2.05) is 0 Å². The van der Waals surface area contributed by atoms with E-state index in [9.17, 15) is 26.9 Å². The van der Waals surface area contributed by atoms with Gasteiger partial charge in [-0.05, 0) is 0 Å². The molecule has 1 aromatic rings. The highest BCUT2D eigenvalue weighted by molar-refractivity contribution is 7.46. The van der Waals surface area contributed by atoms with Crippen LogP contribution in [-0.2, 0) is 15.8 Å². The lowest BCUT2D eigenvalue weighted by Crippen LogP contribution is -2.33. The number of aliphatic carboxylic acids is 1. The highest BCUT2D eigenvalue weighted by Crippen LogP contribution is 2.42. The molecule has 5 N–H and O–H groups in total. The first-order valence-corrected chi connectivity index (χ1v) is 6.57. The first kappa shape index (κ1) is 17.4. The van der Waals surface area contributed by atoms with Crippen LogP contribution in [0.15, 0.2) is 0 Å². The van der Waals surface area contributed by atoms with Crippen molar-refractivity contribution in [3.05, 3.63) is 28.8 Å². The first-order chi connectivity index (χ1) is 9.45. The normalized spacial score (nSPS) is 13.1. The van der Waals surface area contributed by atoms with Gasteiger partial charge in [-0.25, -0.2) is 13.3 Å². The Labute approximate surface area is 114 Å². The predicted octanol–water partition coefficient (Wildman–Crippen LogP) is 0.669. The van der Waals surface area contributed by atoms with Gasteiger partial charge >= 0.3 is 13.8 Å². The number of phosphoric ester groups is 1. The van der Waals surface area contributed by atoms with Gasteiger partial charge in [-0.1, -0.05) is 0 Å². The van der Waals surface area contributed by atoms with Gasteiger partial charge in [0.15, 0.2) is 11.6 Å². The number of carboxylic acids is 1. The fraction of sp³-hybridized carbons (Fsp3) is 0.222. The Hall–Kier alpha value is -1.68. The summed E-state index contributed by atoms with van der Waals surface area (Å²) < 4.78 is 68.0. The SMILES string of the molecule is N[C@@H](Cc1c(F)c(F)c(OP(=O)(O)O)c(F)c1F)C(=O)O. The van der Waals surface area contributed by atoms with Crippen LogP contribution in [0.5, 0.6) is 5.75 Å². The molecule has 0 fully saturated rings. The van der Waals surface area contributed by atoms with Gasteiger partial charge in [-0.2, -0.15) is 8.78 Å². The third kappa shape index (κ3) is 3.91. The molecule has 0 amide bonds. The molecule has 21 heavy (non-hydrogen) atoms. The molecule has 7 nitrogen and oxygen atoms in total. The van der Waals surface area contributed by atoms with Crippen molar-refractivity contribution in [2.45, 2.75) is 12.5 Å². The summed E-state index contributed by atoms with van der Waals surface area (Å²) in [5.74, 6) is -12.2. The van der Waals surface area contributed by atoms with Crippen molar-refractivity contribution in [1.82, 2.24) is 0 Å². The number of phosphoric acid groups is 1. The monoisotopic (exact) mass is 333 g/mol.